The summed E-state index contributed by atoms with van der Waals surface area (Å²) >= 11 is 0. The van der Waals surface area contributed by atoms with Crippen molar-refractivity contribution in [2.75, 3.05) is 13.1 Å². The Bertz CT molecular complexity index is 797. The van der Waals surface area contributed by atoms with Gasteiger partial charge in [0, 0.05) is 43.6 Å². The van der Waals surface area contributed by atoms with Crippen molar-refractivity contribution < 1.29 is 4.79 Å². The van der Waals surface area contributed by atoms with E-state index in [0.29, 0.717) is 24.6 Å². The minimum Gasteiger partial charge on any atom is -0.348 e. The van der Waals surface area contributed by atoms with E-state index in [4.69, 9.17) is 0 Å². The predicted octanol–water partition coefficient (Wildman–Crippen LogP) is 2.23. The SMILES string of the molecule is Cc1ccn(C2CC2)c(=O)c1C(=O)N1CCC(c2ncc[nH]2)CC1. The number of piperidine rings is 1. The van der Waals surface area contributed by atoms with Gasteiger partial charge in [-0.15, -0.1) is 0 Å². The number of aryl methyl sites for hydroxylation is 1. The van der Waals surface area contributed by atoms with E-state index in [1.54, 1.807) is 10.8 Å². The number of aromatic amines is 1. The average molecular weight is 326 g/mol. The van der Waals surface area contributed by atoms with Crippen molar-refractivity contribution >= 4 is 5.91 Å². The number of carbonyl (C=O) groups is 1. The minimum atomic E-state index is -0.129. The molecular weight excluding hydrogens is 304 g/mol. The van der Waals surface area contributed by atoms with E-state index in [-0.39, 0.29) is 17.5 Å². The van der Waals surface area contributed by atoms with Gasteiger partial charge in [0.05, 0.1) is 0 Å². The maximum atomic E-state index is 12.9. The van der Waals surface area contributed by atoms with Crippen molar-refractivity contribution in [3.05, 3.63) is 52.0 Å². The lowest BCUT2D eigenvalue weighted by atomic mass is 9.95. The van der Waals surface area contributed by atoms with E-state index in [1.165, 1.54) is 0 Å². The van der Waals surface area contributed by atoms with Crippen LogP contribution in [0.15, 0.2) is 29.5 Å². The predicted molar refractivity (Wildman–Crippen MR) is 90.2 cm³/mol. The van der Waals surface area contributed by atoms with E-state index in [1.807, 2.05) is 30.3 Å². The van der Waals surface area contributed by atoms with Crippen LogP contribution in [0.4, 0.5) is 0 Å². The van der Waals surface area contributed by atoms with Crippen LogP contribution in [0, 0.1) is 6.92 Å². The van der Waals surface area contributed by atoms with E-state index >= 15 is 0 Å². The van der Waals surface area contributed by atoms with Gasteiger partial charge >= 0.3 is 0 Å². The molecule has 1 aliphatic carbocycles. The third-order valence-corrected chi connectivity index (χ3v) is 5.17. The normalized spacial score (nSPS) is 18.8. The van der Waals surface area contributed by atoms with Crippen LogP contribution in [0.5, 0.6) is 0 Å². The summed E-state index contributed by atoms with van der Waals surface area (Å²) in [6.45, 7) is 3.18. The highest BCUT2D eigenvalue weighted by molar-refractivity contribution is 5.95. The van der Waals surface area contributed by atoms with Crippen LogP contribution >= 0.6 is 0 Å². The molecule has 0 radical (unpaired) electrons. The second-order valence-electron chi connectivity index (χ2n) is 6.86. The first kappa shape index (κ1) is 15.2. The van der Waals surface area contributed by atoms with Gasteiger partial charge in [-0.3, -0.25) is 9.59 Å². The van der Waals surface area contributed by atoms with Crippen LogP contribution in [-0.4, -0.2) is 38.4 Å². The lowest BCUT2D eigenvalue weighted by Gasteiger charge is -2.31. The van der Waals surface area contributed by atoms with Gasteiger partial charge in [0.1, 0.15) is 11.4 Å². The monoisotopic (exact) mass is 326 g/mol. The van der Waals surface area contributed by atoms with Gasteiger partial charge in [-0.1, -0.05) is 0 Å². The molecule has 1 saturated heterocycles. The molecule has 0 atom stereocenters. The number of imidazole rings is 1. The standard InChI is InChI=1S/C18H22N4O2/c1-12-4-11-22(14-2-3-14)18(24)15(12)17(23)21-9-5-13(6-10-21)16-19-7-8-20-16/h4,7-8,11,13-14H,2-3,5-6,9-10H2,1H3,(H,19,20). The summed E-state index contributed by atoms with van der Waals surface area (Å²) in [7, 11) is 0. The van der Waals surface area contributed by atoms with Gasteiger partial charge < -0.3 is 14.5 Å². The molecule has 24 heavy (non-hydrogen) atoms. The molecule has 2 aromatic heterocycles. The smallest absolute Gasteiger partial charge is 0.263 e. The highest BCUT2D eigenvalue weighted by Gasteiger charge is 2.30. The van der Waals surface area contributed by atoms with E-state index < -0.39 is 0 Å². The van der Waals surface area contributed by atoms with Crippen molar-refractivity contribution in [3.8, 4) is 0 Å². The maximum absolute atomic E-state index is 12.9. The summed E-state index contributed by atoms with van der Waals surface area (Å²) in [4.78, 5) is 34.9. The second kappa shape index (κ2) is 5.92. The third-order valence-electron chi connectivity index (χ3n) is 5.17. The minimum absolute atomic E-state index is 0.120. The molecule has 2 fully saturated rings. The van der Waals surface area contributed by atoms with E-state index in [2.05, 4.69) is 9.97 Å². The van der Waals surface area contributed by atoms with Crippen LogP contribution < -0.4 is 5.56 Å². The summed E-state index contributed by atoms with van der Waals surface area (Å²) in [5.74, 6) is 1.24. The third kappa shape index (κ3) is 2.66. The molecule has 2 aliphatic rings. The molecule has 1 saturated carbocycles. The van der Waals surface area contributed by atoms with Gasteiger partial charge in [-0.2, -0.15) is 0 Å². The van der Waals surface area contributed by atoms with Gasteiger partial charge in [0.2, 0.25) is 0 Å². The summed E-state index contributed by atoms with van der Waals surface area (Å²) in [5, 5.41) is 0. The Morgan fingerprint density at radius 1 is 1.25 bits per heavy atom. The van der Waals surface area contributed by atoms with Gasteiger partial charge in [-0.25, -0.2) is 4.98 Å². The Balaban J connectivity index is 1.53. The van der Waals surface area contributed by atoms with Crippen molar-refractivity contribution in [2.24, 2.45) is 0 Å². The Morgan fingerprint density at radius 3 is 2.62 bits per heavy atom. The van der Waals surface area contributed by atoms with Crippen molar-refractivity contribution in [1.29, 1.82) is 0 Å². The summed E-state index contributed by atoms with van der Waals surface area (Å²) in [6, 6.07) is 2.18. The van der Waals surface area contributed by atoms with E-state index in [9.17, 15) is 9.59 Å². The largest absolute Gasteiger partial charge is 0.348 e. The van der Waals surface area contributed by atoms with Crippen LogP contribution in [0.1, 0.15) is 59.4 Å². The lowest BCUT2D eigenvalue weighted by Crippen LogP contribution is -2.41. The van der Waals surface area contributed by atoms with Gasteiger partial charge in [0.15, 0.2) is 0 Å². The molecule has 0 spiro atoms. The number of hydrogen-bond acceptors (Lipinski definition) is 3. The van der Waals surface area contributed by atoms with Gasteiger partial charge in [0.25, 0.3) is 11.5 Å². The molecule has 1 aliphatic heterocycles. The molecule has 1 amide bonds. The Morgan fingerprint density at radius 2 is 2.00 bits per heavy atom. The molecule has 0 aromatic carbocycles. The molecule has 126 valence electrons. The molecule has 0 bridgehead atoms. The number of carbonyl (C=O) groups excluding carboxylic acids is 1. The number of rotatable bonds is 3. The summed E-state index contributed by atoms with van der Waals surface area (Å²) in [5.41, 5.74) is 0.992. The molecule has 0 unspecified atom stereocenters. The van der Waals surface area contributed by atoms with Crippen molar-refractivity contribution in [2.45, 2.75) is 44.6 Å². The van der Waals surface area contributed by atoms with E-state index in [0.717, 1.165) is 37.1 Å². The zero-order valence-corrected chi connectivity index (χ0v) is 13.9. The van der Waals surface area contributed by atoms with Crippen molar-refractivity contribution in [1.82, 2.24) is 19.4 Å². The van der Waals surface area contributed by atoms with Gasteiger partial charge in [-0.05, 0) is 44.2 Å². The van der Waals surface area contributed by atoms with Crippen LogP contribution in [0.3, 0.4) is 0 Å². The Kier molecular flexibility index (Phi) is 3.75. The topological polar surface area (TPSA) is 71.0 Å². The number of aromatic nitrogens is 3. The Hall–Kier alpha value is -2.37. The average Bonchev–Trinajstić information content (AvgIpc) is 3.28. The number of nitrogens with zero attached hydrogens (tertiary/aromatic N) is 3. The molecular formula is C18H22N4O2. The molecule has 4 rings (SSSR count). The number of likely N-dealkylation sites (tertiary alicyclic amines) is 1. The maximum Gasteiger partial charge on any atom is 0.263 e. The molecule has 1 N–H and O–H groups in total. The quantitative estimate of drug-likeness (QED) is 0.940. The van der Waals surface area contributed by atoms with Crippen LogP contribution in [-0.2, 0) is 0 Å². The molecule has 6 heteroatoms. The van der Waals surface area contributed by atoms with Crippen LogP contribution in [0.2, 0.25) is 0 Å². The number of pyridine rings is 1. The second-order valence-corrected chi connectivity index (χ2v) is 6.86. The first-order valence-corrected chi connectivity index (χ1v) is 8.65. The molecule has 2 aromatic rings. The highest BCUT2D eigenvalue weighted by Crippen LogP contribution is 2.33. The number of hydrogen-bond donors (Lipinski definition) is 1. The number of nitrogens with one attached hydrogen (secondary N) is 1. The summed E-state index contributed by atoms with van der Waals surface area (Å²) < 4.78 is 1.73. The zero-order valence-electron chi connectivity index (χ0n) is 13.9. The first-order chi connectivity index (χ1) is 11.6. The highest BCUT2D eigenvalue weighted by atomic mass is 16.2. The fourth-order valence-electron chi connectivity index (χ4n) is 3.56. The number of H-pyrrole nitrogens is 1. The first-order valence-electron chi connectivity index (χ1n) is 8.65. The summed E-state index contributed by atoms with van der Waals surface area (Å²) in [6.07, 6.45) is 9.25. The fourth-order valence-corrected chi connectivity index (χ4v) is 3.56. The molecule has 6 nitrogen and oxygen atoms in total. The number of amides is 1. The fraction of sp³-hybridized carbons (Fsp3) is 0.500. The molecule has 3 heterocycles. The van der Waals surface area contributed by atoms with Crippen LogP contribution in [0.25, 0.3) is 0 Å². The lowest BCUT2D eigenvalue weighted by molar-refractivity contribution is 0.0708. The Labute approximate surface area is 140 Å². The zero-order chi connectivity index (χ0) is 16.7. The van der Waals surface area contributed by atoms with Crippen molar-refractivity contribution in [3.63, 3.8) is 0 Å².